The number of pyridine rings is 2. The van der Waals surface area contributed by atoms with Crippen molar-refractivity contribution in [3.05, 3.63) is 46.3 Å². The van der Waals surface area contributed by atoms with Crippen molar-refractivity contribution in [2.75, 3.05) is 6.54 Å². The van der Waals surface area contributed by atoms with Crippen LogP contribution in [0, 0.1) is 0 Å². The van der Waals surface area contributed by atoms with Gasteiger partial charge < -0.3 is 10.1 Å². The molecule has 0 unspecified atom stereocenters. The Kier molecular flexibility index (Phi) is 5.59. The third-order valence-electron chi connectivity index (χ3n) is 2.51. The molecule has 0 aliphatic heterocycles. The minimum Gasteiger partial charge on any atom is -0.436 e. The third-order valence-corrected chi connectivity index (χ3v) is 2.99. The molecule has 4 nitrogen and oxygen atoms in total. The normalized spacial score (nSPS) is 10.6. The lowest BCUT2D eigenvalue weighted by molar-refractivity contribution is 0.460. The van der Waals surface area contributed by atoms with Gasteiger partial charge in [0.1, 0.15) is 10.8 Å². The highest BCUT2D eigenvalue weighted by Gasteiger charge is 2.07. The second-order valence-electron chi connectivity index (χ2n) is 4.25. The molecule has 2 rings (SSSR count). The van der Waals surface area contributed by atoms with Crippen molar-refractivity contribution in [2.24, 2.45) is 0 Å². The number of hydrogen-bond acceptors (Lipinski definition) is 4. The maximum absolute atomic E-state index is 6.16. The third kappa shape index (κ3) is 4.34. The van der Waals surface area contributed by atoms with E-state index in [2.05, 4.69) is 22.2 Å². The van der Waals surface area contributed by atoms with Gasteiger partial charge in [0.25, 0.3) is 0 Å². The number of nitrogens with one attached hydrogen (secondary N) is 1. The molecule has 0 aliphatic carbocycles. The van der Waals surface area contributed by atoms with Crippen LogP contribution in [0.3, 0.4) is 0 Å². The Morgan fingerprint density at radius 1 is 1.20 bits per heavy atom. The predicted octanol–water partition coefficient (Wildman–Crippen LogP) is 4.08. The fourth-order valence-corrected chi connectivity index (χ4v) is 2.00. The monoisotopic (exact) mass is 311 g/mol. The van der Waals surface area contributed by atoms with E-state index in [0.29, 0.717) is 21.7 Å². The van der Waals surface area contributed by atoms with Gasteiger partial charge in [0.15, 0.2) is 0 Å². The van der Waals surface area contributed by atoms with Crippen molar-refractivity contribution in [1.82, 2.24) is 15.3 Å². The van der Waals surface area contributed by atoms with Crippen LogP contribution in [0.1, 0.15) is 18.9 Å². The Morgan fingerprint density at radius 2 is 2.05 bits per heavy atom. The minimum absolute atomic E-state index is 0.343. The lowest BCUT2D eigenvalue weighted by atomic mass is 10.3. The van der Waals surface area contributed by atoms with Gasteiger partial charge in [-0.15, -0.1) is 0 Å². The molecule has 0 aliphatic rings. The van der Waals surface area contributed by atoms with E-state index in [1.807, 2.05) is 6.07 Å². The highest BCUT2D eigenvalue weighted by atomic mass is 35.5. The Labute approximate surface area is 128 Å². The molecule has 2 heterocycles. The summed E-state index contributed by atoms with van der Waals surface area (Å²) in [6.45, 7) is 3.82. The first-order valence-electron chi connectivity index (χ1n) is 6.32. The van der Waals surface area contributed by atoms with Crippen LogP contribution in [-0.2, 0) is 6.54 Å². The first-order valence-corrected chi connectivity index (χ1v) is 7.08. The zero-order chi connectivity index (χ0) is 14.4. The van der Waals surface area contributed by atoms with Crippen LogP contribution in [0.25, 0.3) is 0 Å². The maximum atomic E-state index is 6.16. The zero-order valence-electron chi connectivity index (χ0n) is 11.1. The van der Waals surface area contributed by atoms with E-state index in [4.69, 9.17) is 27.9 Å². The number of aromatic nitrogens is 2. The number of ether oxygens (including phenoxy) is 1. The predicted molar refractivity (Wildman–Crippen MR) is 80.6 cm³/mol. The van der Waals surface area contributed by atoms with Crippen molar-refractivity contribution in [1.29, 1.82) is 0 Å². The molecule has 1 N–H and O–H groups in total. The summed E-state index contributed by atoms with van der Waals surface area (Å²) in [6, 6.07) is 3.49. The minimum atomic E-state index is 0.343. The second-order valence-corrected chi connectivity index (χ2v) is 5.09. The van der Waals surface area contributed by atoms with Crippen molar-refractivity contribution in [2.45, 2.75) is 19.9 Å². The van der Waals surface area contributed by atoms with Crippen LogP contribution >= 0.6 is 23.2 Å². The van der Waals surface area contributed by atoms with Crippen molar-refractivity contribution in [3.63, 3.8) is 0 Å². The smallest absolute Gasteiger partial charge is 0.238 e. The van der Waals surface area contributed by atoms with E-state index in [-0.39, 0.29) is 0 Å². The van der Waals surface area contributed by atoms with Crippen LogP contribution in [0.15, 0.2) is 30.7 Å². The Hall–Kier alpha value is -1.36. The van der Waals surface area contributed by atoms with Crippen LogP contribution in [-0.4, -0.2) is 16.5 Å². The largest absolute Gasteiger partial charge is 0.436 e. The average molecular weight is 312 g/mol. The van der Waals surface area contributed by atoms with Crippen molar-refractivity contribution < 1.29 is 4.74 Å². The van der Waals surface area contributed by atoms with Gasteiger partial charge in [-0.3, -0.25) is 4.98 Å². The molecule has 2 aromatic rings. The molecule has 2 aromatic heterocycles. The molecule has 0 saturated carbocycles. The molecule has 0 saturated heterocycles. The fourth-order valence-electron chi connectivity index (χ4n) is 1.61. The summed E-state index contributed by atoms with van der Waals surface area (Å²) in [5, 5.41) is 4.25. The Balaban J connectivity index is 2.06. The summed E-state index contributed by atoms with van der Waals surface area (Å²) < 4.78 is 5.56. The van der Waals surface area contributed by atoms with Crippen LogP contribution in [0.5, 0.6) is 11.6 Å². The van der Waals surface area contributed by atoms with Crippen molar-refractivity contribution >= 4 is 23.2 Å². The summed E-state index contributed by atoms with van der Waals surface area (Å²) in [5.74, 6) is 0.846. The van der Waals surface area contributed by atoms with E-state index >= 15 is 0 Å². The molecule has 0 amide bonds. The van der Waals surface area contributed by atoms with E-state index in [9.17, 15) is 0 Å². The van der Waals surface area contributed by atoms with Crippen molar-refractivity contribution in [3.8, 4) is 11.6 Å². The Bertz CT molecular complexity index is 578. The van der Waals surface area contributed by atoms with Gasteiger partial charge in [0.05, 0.1) is 11.2 Å². The van der Waals surface area contributed by atoms with Gasteiger partial charge >= 0.3 is 0 Å². The number of halogens is 2. The summed E-state index contributed by atoms with van der Waals surface area (Å²) in [7, 11) is 0. The van der Waals surface area contributed by atoms with Crippen LogP contribution in [0.2, 0.25) is 10.0 Å². The molecule has 0 fully saturated rings. The standard InChI is InChI=1S/C14H15Cl2N3O/c1-2-3-17-6-10-4-13(16)14(19-7-10)20-12-5-11(15)8-18-9-12/h4-5,7-9,17H,2-3,6H2,1H3. The maximum Gasteiger partial charge on any atom is 0.238 e. The molecule has 20 heavy (non-hydrogen) atoms. The van der Waals surface area contributed by atoms with Crippen LogP contribution in [0.4, 0.5) is 0 Å². The fraction of sp³-hybridized carbons (Fsp3) is 0.286. The topological polar surface area (TPSA) is 47.0 Å². The lowest BCUT2D eigenvalue weighted by Gasteiger charge is -2.08. The van der Waals surface area contributed by atoms with E-state index in [1.54, 1.807) is 18.5 Å². The Morgan fingerprint density at radius 3 is 2.75 bits per heavy atom. The zero-order valence-corrected chi connectivity index (χ0v) is 12.6. The molecule has 106 valence electrons. The molecular weight excluding hydrogens is 297 g/mol. The molecule has 0 atom stereocenters. The quantitative estimate of drug-likeness (QED) is 0.817. The summed E-state index contributed by atoms with van der Waals surface area (Å²) >= 11 is 12.0. The first kappa shape index (κ1) is 15.0. The second kappa shape index (κ2) is 7.43. The highest BCUT2D eigenvalue weighted by molar-refractivity contribution is 6.32. The summed E-state index contributed by atoms with van der Waals surface area (Å²) in [5.41, 5.74) is 1.01. The van der Waals surface area contributed by atoms with E-state index in [1.165, 1.54) is 6.20 Å². The van der Waals surface area contributed by atoms with Gasteiger partial charge in [0, 0.05) is 25.0 Å². The highest BCUT2D eigenvalue weighted by Crippen LogP contribution is 2.28. The molecule has 6 heteroatoms. The van der Waals surface area contributed by atoms with Crippen LogP contribution < -0.4 is 10.1 Å². The summed E-state index contributed by atoms with van der Waals surface area (Å²) in [4.78, 5) is 8.16. The number of rotatable bonds is 6. The molecular formula is C14H15Cl2N3O. The van der Waals surface area contributed by atoms with Gasteiger partial charge in [0.2, 0.25) is 5.88 Å². The van der Waals surface area contributed by atoms with E-state index in [0.717, 1.165) is 25.1 Å². The molecule has 0 bridgehead atoms. The van der Waals surface area contributed by atoms with E-state index < -0.39 is 0 Å². The lowest BCUT2D eigenvalue weighted by Crippen LogP contribution is -2.13. The SMILES string of the molecule is CCCNCc1cnc(Oc2cncc(Cl)c2)c(Cl)c1. The van der Waals surface area contributed by atoms with Gasteiger partial charge in [-0.2, -0.15) is 0 Å². The average Bonchev–Trinajstić information content (AvgIpc) is 2.42. The number of nitrogens with zero attached hydrogens (tertiary/aromatic N) is 2. The molecule has 0 radical (unpaired) electrons. The summed E-state index contributed by atoms with van der Waals surface area (Å²) in [6.07, 6.45) is 5.92. The first-order chi connectivity index (χ1) is 9.69. The van der Waals surface area contributed by atoms with Gasteiger partial charge in [-0.1, -0.05) is 30.1 Å². The molecule has 0 aromatic carbocycles. The van der Waals surface area contributed by atoms with Gasteiger partial charge in [-0.05, 0) is 24.6 Å². The number of hydrogen-bond donors (Lipinski definition) is 1. The molecule has 0 spiro atoms. The van der Waals surface area contributed by atoms with Gasteiger partial charge in [-0.25, -0.2) is 4.98 Å².